The first-order valence-corrected chi connectivity index (χ1v) is 9.68. The van der Waals surface area contributed by atoms with E-state index in [9.17, 15) is 0 Å². The largest absolute Gasteiger partial charge is 0.383 e. The van der Waals surface area contributed by atoms with Gasteiger partial charge in [0, 0.05) is 37.3 Å². The van der Waals surface area contributed by atoms with Gasteiger partial charge < -0.3 is 19.5 Å². The first-order chi connectivity index (χ1) is 12.6. The summed E-state index contributed by atoms with van der Waals surface area (Å²) in [6.07, 6.45) is 4.42. The summed E-state index contributed by atoms with van der Waals surface area (Å²) in [7, 11) is 1.73. The number of methoxy groups -OCH3 is 1. The van der Waals surface area contributed by atoms with Crippen LogP contribution in [0.1, 0.15) is 53.6 Å². The predicted molar refractivity (Wildman–Crippen MR) is 106 cm³/mol. The molecule has 4 rings (SSSR count). The lowest BCUT2D eigenvalue weighted by Gasteiger charge is -2.28. The fourth-order valence-corrected chi connectivity index (χ4v) is 4.50. The highest BCUT2D eigenvalue weighted by molar-refractivity contribution is 7.80. The Labute approximate surface area is 160 Å². The van der Waals surface area contributed by atoms with Gasteiger partial charge in [-0.1, -0.05) is 6.07 Å². The van der Waals surface area contributed by atoms with Gasteiger partial charge >= 0.3 is 0 Å². The number of nitrogens with zero attached hydrogens (tertiary/aromatic N) is 3. The molecule has 1 saturated heterocycles. The Kier molecular flexibility index (Phi) is 4.71. The van der Waals surface area contributed by atoms with Gasteiger partial charge in [-0.05, 0) is 62.7 Å². The molecule has 3 heterocycles. The van der Waals surface area contributed by atoms with Gasteiger partial charge in [0.2, 0.25) is 0 Å². The van der Waals surface area contributed by atoms with Gasteiger partial charge in [0.05, 0.1) is 24.4 Å². The molecule has 1 saturated carbocycles. The number of nitrogens with one attached hydrogen (secondary N) is 1. The van der Waals surface area contributed by atoms with E-state index >= 15 is 0 Å². The quantitative estimate of drug-likeness (QED) is 0.789. The standard InChI is InChI=1S/C20H26N4OS/c1-13-12-16(14(2)24(13)15-7-8-15)19-18(17-6-4-5-9-21-17)22-20(26)23(19)10-11-25-3/h4-6,9,12,15,18-19H,7-8,10-11H2,1-3H3,(H,22,26)/t18-,19+/m1/s1. The first kappa shape index (κ1) is 17.5. The van der Waals surface area contributed by atoms with Crippen LogP contribution in [-0.2, 0) is 4.74 Å². The molecular formula is C20H26N4OS. The fraction of sp³-hybridized carbons (Fsp3) is 0.500. The van der Waals surface area contributed by atoms with Gasteiger partial charge in [0.1, 0.15) is 0 Å². The van der Waals surface area contributed by atoms with Crippen LogP contribution in [0.3, 0.4) is 0 Å². The van der Waals surface area contributed by atoms with E-state index in [0.29, 0.717) is 12.6 Å². The third-order valence-electron chi connectivity index (χ3n) is 5.49. The zero-order chi connectivity index (χ0) is 18.3. The van der Waals surface area contributed by atoms with Gasteiger partial charge in [-0.3, -0.25) is 4.98 Å². The van der Waals surface area contributed by atoms with Crippen LogP contribution in [0, 0.1) is 13.8 Å². The summed E-state index contributed by atoms with van der Waals surface area (Å²) in [5.41, 5.74) is 5.05. The van der Waals surface area contributed by atoms with Crippen molar-refractivity contribution in [2.75, 3.05) is 20.3 Å². The van der Waals surface area contributed by atoms with Crippen molar-refractivity contribution in [3.63, 3.8) is 0 Å². The van der Waals surface area contributed by atoms with E-state index in [-0.39, 0.29) is 12.1 Å². The van der Waals surface area contributed by atoms with Crippen LogP contribution >= 0.6 is 12.2 Å². The van der Waals surface area contributed by atoms with Crippen molar-refractivity contribution in [1.82, 2.24) is 19.8 Å². The molecule has 2 aliphatic rings. The van der Waals surface area contributed by atoms with E-state index in [1.54, 1.807) is 7.11 Å². The van der Waals surface area contributed by atoms with E-state index < -0.39 is 0 Å². The van der Waals surface area contributed by atoms with E-state index in [2.05, 4.69) is 45.7 Å². The average Bonchev–Trinajstić information content (AvgIpc) is 3.36. The number of aryl methyl sites for hydroxylation is 1. The zero-order valence-corrected chi connectivity index (χ0v) is 16.4. The van der Waals surface area contributed by atoms with Gasteiger partial charge in [-0.2, -0.15) is 0 Å². The molecule has 2 fully saturated rings. The molecule has 26 heavy (non-hydrogen) atoms. The Hall–Kier alpha value is -1.92. The summed E-state index contributed by atoms with van der Waals surface area (Å²) in [4.78, 5) is 6.87. The molecule has 6 heteroatoms. The van der Waals surface area contributed by atoms with Gasteiger partial charge in [0.25, 0.3) is 0 Å². The minimum atomic E-state index is 0.0497. The lowest BCUT2D eigenvalue weighted by molar-refractivity contribution is 0.164. The SMILES string of the molecule is COCCN1C(=S)N[C@H](c2ccccn2)[C@@H]1c1cc(C)n(C2CC2)c1C. The smallest absolute Gasteiger partial charge is 0.170 e. The molecule has 2 aromatic rings. The molecule has 0 unspecified atom stereocenters. The van der Waals surface area contributed by atoms with Crippen molar-refractivity contribution in [2.24, 2.45) is 0 Å². The summed E-state index contributed by atoms with van der Waals surface area (Å²) < 4.78 is 7.84. The Balaban J connectivity index is 1.76. The number of hydrogen-bond acceptors (Lipinski definition) is 3. The van der Waals surface area contributed by atoms with E-state index in [4.69, 9.17) is 17.0 Å². The Morgan fingerprint density at radius 2 is 2.12 bits per heavy atom. The molecule has 138 valence electrons. The summed E-state index contributed by atoms with van der Waals surface area (Å²) in [6.45, 7) is 5.87. The predicted octanol–water partition coefficient (Wildman–Crippen LogP) is 3.45. The Morgan fingerprint density at radius 3 is 2.77 bits per heavy atom. The van der Waals surface area contributed by atoms with Gasteiger partial charge in [-0.25, -0.2) is 0 Å². The number of thiocarbonyl (C=S) groups is 1. The molecule has 1 aliphatic heterocycles. The van der Waals surface area contributed by atoms with Crippen molar-refractivity contribution < 1.29 is 4.74 Å². The van der Waals surface area contributed by atoms with Crippen LogP contribution in [-0.4, -0.2) is 39.8 Å². The van der Waals surface area contributed by atoms with Gasteiger partial charge in [0.15, 0.2) is 5.11 Å². The Morgan fingerprint density at radius 1 is 1.31 bits per heavy atom. The summed E-state index contributed by atoms with van der Waals surface area (Å²) in [5.74, 6) is 0. The van der Waals surface area contributed by atoms with Crippen LogP contribution in [0.15, 0.2) is 30.5 Å². The number of rotatable bonds is 6. The summed E-state index contributed by atoms with van der Waals surface area (Å²) in [6, 6.07) is 9.26. The maximum atomic E-state index is 5.68. The molecule has 1 aliphatic carbocycles. The van der Waals surface area contributed by atoms with Crippen molar-refractivity contribution in [2.45, 2.75) is 44.8 Å². The van der Waals surface area contributed by atoms with Crippen LogP contribution < -0.4 is 5.32 Å². The van der Waals surface area contributed by atoms with Crippen LogP contribution in [0.25, 0.3) is 0 Å². The molecule has 1 N–H and O–H groups in total. The van der Waals surface area contributed by atoms with E-state index in [1.807, 2.05) is 18.3 Å². The minimum absolute atomic E-state index is 0.0497. The lowest BCUT2D eigenvalue weighted by atomic mass is 9.97. The van der Waals surface area contributed by atoms with E-state index in [0.717, 1.165) is 17.4 Å². The zero-order valence-electron chi connectivity index (χ0n) is 15.6. The Bertz CT molecular complexity index is 800. The molecule has 0 spiro atoms. The lowest BCUT2D eigenvalue weighted by Crippen LogP contribution is -2.32. The molecule has 0 bridgehead atoms. The van der Waals surface area contributed by atoms with Crippen LogP contribution in [0.5, 0.6) is 0 Å². The third kappa shape index (κ3) is 3.01. The summed E-state index contributed by atoms with van der Waals surface area (Å²) in [5, 5.41) is 4.29. The van der Waals surface area contributed by atoms with Crippen LogP contribution in [0.4, 0.5) is 0 Å². The topological polar surface area (TPSA) is 42.3 Å². The molecular weight excluding hydrogens is 344 g/mol. The second-order valence-corrected chi connectivity index (χ2v) is 7.63. The van der Waals surface area contributed by atoms with Crippen molar-refractivity contribution in [3.8, 4) is 0 Å². The van der Waals surface area contributed by atoms with E-state index in [1.165, 1.54) is 29.8 Å². The molecule has 0 radical (unpaired) electrons. The first-order valence-electron chi connectivity index (χ1n) is 9.27. The highest BCUT2D eigenvalue weighted by atomic mass is 32.1. The molecule has 2 atom stereocenters. The van der Waals surface area contributed by atoms with Crippen molar-refractivity contribution >= 4 is 17.3 Å². The minimum Gasteiger partial charge on any atom is -0.383 e. The highest BCUT2D eigenvalue weighted by Crippen LogP contribution is 2.44. The number of pyridine rings is 1. The molecule has 0 aromatic carbocycles. The summed E-state index contributed by atoms with van der Waals surface area (Å²) >= 11 is 5.68. The van der Waals surface area contributed by atoms with Crippen molar-refractivity contribution in [3.05, 3.63) is 53.1 Å². The monoisotopic (exact) mass is 370 g/mol. The highest BCUT2D eigenvalue weighted by Gasteiger charge is 2.41. The van der Waals surface area contributed by atoms with Crippen molar-refractivity contribution in [1.29, 1.82) is 0 Å². The second-order valence-electron chi connectivity index (χ2n) is 7.24. The normalized spacial score (nSPS) is 22.7. The number of ether oxygens (including phenoxy) is 1. The molecule has 0 amide bonds. The number of aromatic nitrogens is 2. The molecule has 5 nitrogen and oxygen atoms in total. The second kappa shape index (κ2) is 7.00. The number of hydrogen-bond donors (Lipinski definition) is 1. The van der Waals surface area contributed by atoms with Crippen LogP contribution in [0.2, 0.25) is 0 Å². The average molecular weight is 371 g/mol. The third-order valence-corrected chi connectivity index (χ3v) is 5.84. The maximum Gasteiger partial charge on any atom is 0.170 e. The maximum absolute atomic E-state index is 5.68. The molecule has 2 aromatic heterocycles. The fourth-order valence-electron chi connectivity index (χ4n) is 4.17. The van der Waals surface area contributed by atoms with Gasteiger partial charge in [-0.15, -0.1) is 0 Å².